The van der Waals surface area contributed by atoms with Crippen LogP contribution in [0.15, 0.2) is 0 Å². The largest absolute Gasteiger partial charge is 0.480 e. The number of nitrogens with zero attached hydrogens (tertiary/aromatic N) is 1. The molecule has 0 saturated carbocycles. The summed E-state index contributed by atoms with van der Waals surface area (Å²) in [5.41, 5.74) is 5.58. The molecule has 1 aliphatic rings. The molecular formula is C9H16N2O3. The Morgan fingerprint density at radius 3 is 2.79 bits per heavy atom. The van der Waals surface area contributed by atoms with E-state index >= 15 is 0 Å². The third kappa shape index (κ3) is 2.23. The first-order valence-corrected chi connectivity index (χ1v) is 4.84. The zero-order valence-corrected chi connectivity index (χ0v) is 8.27. The van der Waals surface area contributed by atoms with Crippen LogP contribution in [0.1, 0.15) is 26.2 Å². The lowest BCUT2D eigenvalue weighted by Crippen LogP contribution is -2.54. The summed E-state index contributed by atoms with van der Waals surface area (Å²) in [5.74, 6) is -1.21. The highest BCUT2D eigenvalue weighted by Gasteiger charge is 2.33. The summed E-state index contributed by atoms with van der Waals surface area (Å²) in [6.07, 6.45) is 2.25. The molecule has 0 aromatic carbocycles. The molecule has 0 spiro atoms. The molecule has 0 radical (unpaired) electrons. The van der Waals surface area contributed by atoms with Gasteiger partial charge in [0.1, 0.15) is 6.54 Å². The average Bonchev–Trinajstić information content (AvgIpc) is 2.13. The molecule has 1 heterocycles. The number of likely N-dealkylation sites (tertiary alicyclic amines) is 1. The van der Waals surface area contributed by atoms with Crippen molar-refractivity contribution in [3.05, 3.63) is 0 Å². The number of carbonyl (C=O) groups is 2. The van der Waals surface area contributed by atoms with Crippen molar-refractivity contribution in [1.82, 2.24) is 4.90 Å². The normalized spacial score (nSPS) is 27.9. The average molecular weight is 200 g/mol. The highest BCUT2D eigenvalue weighted by molar-refractivity contribution is 5.86. The number of hydrogen-bond acceptors (Lipinski definition) is 3. The van der Waals surface area contributed by atoms with Crippen LogP contribution in [0.4, 0.5) is 0 Å². The van der Waals surface area contributed by atoms with Gasteiger partial charge in [-0.3, -0.25) is 9.59 Å². The van der Waals surface area contributed by atoms with Crippen LogP contribution >= 0.6 is 0 Å². The van der Waals surface area contributed by atoms with Crippen molar-refractivity contribution in [2.75, 3.05) is 6.54 Å². The summed E-state index contributed by atoms with van der Waals surface area (Å²) in [5, 5.41) is 8.65. The van der Waals surface area contributed by atoms with Gasteiger partial charge < -0.3 is 15.7 Å². The number of carboxylic acid groups (broad SMARTS) is 1. The Morgan fingerprint density at radius 2 is 2.29 bits per heavy atom. The van der Waals surface area contributed by atoms with E-state index in [1.807, 2.05) is 6.92 Å². The maximum atomic E-state index is 11.6. The smallest absolute Gasteiger partial charge is 0.323 e. The van der Waals surface area contributed by atoms with Crippen molar-refractivity contribution in [2.24, 2.45) is 5.73 Å². The van der Waals surface area contributed by atoms with E-state index in [4.69, 9.17) is 10.8 Å². The van der Waals surface area contributed by atoms with Crippen LogP contribution in [0.5, 0.6) is 0 Å². The molecule has 1 rings (SSSR count). The van der Waals surface area contributed by atoms with Gasteiger partial charge in [-0.05, 0) is 19.3 Å². The first kappa shape index (κ1) is 11.0. The van der Waals surface area contributed by atoms with E-state index in [1.165, 1.54) is 4.90 Å². The standard InChI is InChI=1S/C9H16N2O3/c1-2-6-3-4-7(10)9(14)11(6)5-8(12)13/h6-7H,2-5,10H2,1H3,(H,12,13). The fraction of sp³-hybridized carbons (Fsp3) is 0.778. The van der Waals surface area contributed by atoms with E-state index in [-0.39, 0.29) is 18.5 Å². The van der Waals surface area contributed by atoms with Crippen molar-refractivity contribution in [1.29, 1.82) is 0 Å². The van der Waals surface area contributed by atoms with Crippen LogP contribution in [0.3, 0.4) is 0 Å². The van der Waals surface area contributed by atoms with Crippen LogP contribution < -0.4 is 5.73 Å². The quantitative estimate of drug-likeness (QED) is 0.660. The summed E-state index contributed by atoms with van der Waals surface area (Å²) < 4.78 is 0. The molecule has 1 aliphatic heterocycles. The van der Waals surface area contributed by atoms with Crippen LogP contribution in [-0.2, 0) is 9.59 Å². The topological polar surface area (TPSA) is 83.6 Å². The summed E-state index contributed by atoms with van der Waals surface area (Å²) in [6.45, 7) is 1.72. The van der Waals surface area contributed by atoms with Crippen LogP contribution in [0.2, 0.25) is 0 Å². The summed E-state index contributed by atoms with van der Waals surface area (Å²) in [4.78, 5) is 23.5. The van der Waals surface area contributed by atoms with Gasteiger partial charge in [0.2, 0.25) is 5.91 Å². The predicted molar refractivity (Wildman–Crippen MR) is 50.6 cm³/mol. The molecule has 1 amide bonds. The van der Waals surface area contributed by atoms with E-state index < -0.39 is 12.0 Å². The first-order valence-electron chi connectivity index (χ1n) is 4.84. The Hall–Kier alpha value is -1.10. The molecule has 2 atom stereocenters. The maximum Gasteiger partial charge on any atom is 0.323 e. The minimum absolute atomic E-state index is 0.0402. The van der Waals surface area contributed by atoms with Gasteiger partial charge in [0.25, 0.3) is 0 Å². The maximum absolute atomic E-state index is 11.6. The Bertz CT molecular complexity index is 242. The number of rotatable bonds is 3. The van der Waals surface area contributed by atoms with E-state index in [1.54, 1.807) is 0 Å². The second-order valence-corrected chi connectivity index (χ2v) is 3.61. The third-order valence-electron chi connectivity index (χ3n) is 2.63. The van der Waals surface area contributed by atoms with Crippen LogP contribution in [0, 0.1) is 0 Å². The lowest BCUT2D eigenvalue weighted by atomic mass is 9.96. The molecule has 5 nitrogen and oxygen atoms in total. The minimum atomic E-state index is -0.981. The molecule has 0 aliphatic carbocycles. The molecule has 2 unspecified atom stereocenters. The molecular weight excluding hydrogens is 184 g/mol. The number of amides is 1. The van der Waals surface area contributed by atoms with Gasteiger partial charge in [-0.1, -0.05) is 6.92 Å². The number of carbonyl (C=O) groups excluding carboxylic acids is 1. The Balaban J connectivity index is 2.71. The lowest BCUT2D eigenvalue weighted by Gasteiger charge is -2.36. The molecule has 0 bridgehead atoms. The number of piperidine rings is 1. The Labute approximate surface area is 82.9 Å². The minimum Gasteiger partial charge on any atom is -0.480 e. The van der Waals surface area contributed by atoms with Gasteiger partial charge in [0, 0.05) is 6.04 Å². The fourth-order valence-corrected chi connectivity index (χ4v) is 1.82. The molecule has 0 aromatic rings. The Morgan fingerprint density at radius 1 is 1.64 bits per heavy atom. The van der Waals surface area contributed by atoms with E-state index in [9.17, 15) is 9.59 Å². The SMILES string of the molecule is CCC1CCC(N)C(=O)N1CC(=O)O. The van der Waals surface area contributed by atoms with E-state index in [2.05, 4.69) is 0 Å². The van der Waals surface area contributed by atoms with Gasteiger partial charge in [0.15, 0.2) is 0 Å². The number of aliphatic carboxylic acids is 1. The first-order chi connectivity index (χ1) is 6.56. The van der Waals surface area contributed by atoms with E-state index in [0.717, 1.165) is 12.8 Å². The predicted octanol–water partition coefficient (Wildman–Crippen LogP) is -0.201. The number of carboxylic acids is 1. The highest BCUT2D eigenvalue weighted by Crippen LogP contribution is 2.19. The lowest BCUT2D eigenvalue weighted by molar-refractivity contribution is -0.148. The summed E-state index contributed by atoms with van der Waals surface area (Å²) in [6, 6.07) is -0.476. The molecule has 0 aromatic heterocycles. The van der Waals surface area contributed by atoms with Gasteiger partial charge in [-0.2, -0.15) is 0 Å². The van der Waals surface area contributed by atoms with Crippen molar-refractivity contribution >= 4 is 11.9 Å². The zero-order valence-electron chi connectivity index (χ0n) is 8.27. The van der Waals surface area contributed by atoms with Crippen molar-refractivity contribution in [3.8, 4) is 0 Å². The summed E-state index contributed by atoms with van der Waals surface area (Å²) >= 11 is 0. The molecule has 1 fully saturated rings. The second-order valence-electron chi connectivity index (χ2n) is 3.61. The van der Waals surface area contributed by atoms with E-state index in [0.29, 0.717) is 6.42 Å². The van der Waals surface area contributed by atoms with Crippen molar-refractivity contribution < 1.29 is 14.7 Å². The molecule has 80 valence electrons. The molecule has 1 saturated heterocycles. The monoisotopic (exact) mass is 200 g/mol. The fourth-order valence-electron chi connectivity index (χ4n) is 1.82. The van der Waals surface area contributed by atoms with Crippen molar-refractivity contribution in [2.45, 2.75) is 38.3 Å². The number of nitrogens with two attached hydrogens (primary N) is 1. The number of hydrogen-bond donors (Lipinski definition) is 2. The van der Waals surface area contributed by atoms with Crippen LogP contribution in [0.25, 0.3) is 0 Å². The zero-order chi connectivity index (χ0) is 10.7. The molecule has 5 heteroatoms. The molecule has 14 heavy (non-hydrogen) atoms. The Kier molecular flexibility index (Phi) is 3.46. The second kappa shape index (κ2) is 4.41. The van der Waals surface area contributed by atoms with Gasteiger partial charge >= 0.3 is 5.97 Å². The summed E-state index contributed by atoms with van der Waals surface area (Å²) in [7, 11) is 0. The van der Waals surface area contributed by atoms with Crippen LogP contribution in [-0.4, -0.2) is 40.5 Å². The molecule has 3 N–H and O–H groups in total. The highest BCUT2D eigenvalue weighted by atomic mass is 16.4. The van der Waals surface area contributed by atoms with Crippen molar-refractivity contribution in [3.63, 3.8) is 0 Å². The third-order valence-corrected chi connectivity index (χ3v) is 2.63. The van der Waals surface area contributed by atoms with Gasteiger partial charge in [0.05, 0.1) is 6.04 Å². The van der Waals surface area contributed by atoms with Gasteiger partial charge in [-0.15, -0.1) is 0 Å². The van der Waals surface area contributed by atoms with Gasteiger partial charge in [-0.25, -0.2) is 0 Å².